The molecule has 3 aliphatic rings. The zero-order valence-electron chi connectivity index (χ0n) is 16.8. The first-order valence-corrected chi connectivity index (χ1v) is 12.2. The fraction of sp³-hybridized carbons (Fsp3) is 0.333. The van der Waals surface area contributed by atoms with Crippen molar-refractivity contribution in [3.05, 3.63) is 65.7 Å². The molecule has 2 amide bonds. The first-order valence-electron chi connectivity index (χ1n) is 10.4. The van der Waals surface area contributed by atoms with Gasteiger partial charge in [0.2, 0.25) is 11.8 Å². The molecule has 1 saturated heterocycles. The van der Waals surface area contributed by atoms with Crippen LogP contribution in [0.15, 0.2) is 54.6 Å². The molecular weight excluding hydrogens is 542 g/mol. The number of rotatable bonds is 5. The number of fused-ring (bicyclic) bond motifs is 5. The Morgan fingerprint density at radius 2 is 1.41 bits per heavy atom. The SMILES string of the molecule is O=C(COC(=O)c1ccc(N2C(=O)[C@@H]3[C@H]4C[C@@H]([C@H](Br)[C@@H]4Br)[C@@H]3C2=O)cc1)c1ccccc1. The molecule has 0 radical (unpaired) electrons. The minimum absolute atomic E-state index is 0.146. The second-order valence-electron chi connectivity index (χ2n) is 8.43. The van der Waals surface area contributed by atoms with E-state index in [0.717, 1.165) is 6.42 Å². The molecule has 164 valence electrons. The second-order valence-corrected chi connectivity index (χ2v) is 10.5. The summed E-state index contributed by atoms with van der Waals surface area (Å²) in [5, 5.41) is 0. The van der Waals surface area contributed by atoms with Gasteiger partial charge in [0.15, 0.2) is 12.4 Å². The molecule has 3 fully saturated rings. The van der Waals surface area contributed by atoms with Gasteiger partial charge in [-0.3, -0.25) is 19.3 Å². The first kappa shape index (κ1) is 21.5. The maximum absolute atomic E-state index is 13.1. The van der Waals surface area contributed by atoms with E-state index in [4.69, 9.17) is 4.74 Å². The van der Waals surface area contributed by atoms with Crippen molar-refractivity contribution in [1.29, 1.82) is 0 Å². The van der Waals surface area contributed by atoms with E-state index in [1.165, 1.54) is 17.0 Å². The van der Waals surface area contributed by atoms with Crippen LogP contribution < -0.4 is 4.90 Å². The molecule has 0 N–H and O–H groups in total. The number of halogens is 2. The topological polar surface area (TPSA) is 80.8 Å². The minimum Gasteiger partial charge on any atom is -0.454 e. The average molecular weight is 561 g/mol. The van der Waals surface area contributed by atoms with Gasteiger partial charge in [-0.05, 0) is 42.5 Å². The number of nitrogens with zero attached hydrogens (tertiary/aromatic N) is 1. The van der Waals surface area contributed by atoms with Crippen molar-refractivity contribution in [2.75, 3.05) is 11.5 Å². The predicted octanol–water partition coefficient (Wildman–Crippen LogP) is 4.01. The molecule has 2 aromatic rings. The molecule has 1 heterocycles. The van der Waals surface area contributed by atoms with Gasteiger partial charge in [-0.15, -0.1) is 0 Å². The highest BCUT2D eigenvalue weighted by Crippen LogP contribution is 2.60. The highest BCUT2D eigenvalue weighted by molar-refractivity contribution is 9.12. The van der Waals surface area contributed by atoms with E-state index in [-0.39, 0.29) is 63.1 Å². The zero-order chi connectivity index (χ0) is 22.6. The van der Waals surface area contributed by atoms with E-state index in [2.05, 4.69) is 31.9 Å². The van der Waals surface area contributed by atoms with E-state index < -0.39 is 5.97 Å². The van der Waals surface area contributed by atoms with Crippen molar-refractivity contribution < 1.29 is 23.9 Å². The number of carbonyl (C=O) groups excluding carboxylic acids is 4. The van der Waals surface area contributed by atoms with Gasteiger partial charge < -0.3 is 4.74 Å². The highest BCUT2D eigenvalue weighted by atomic mass is 79.9. The summed E-state index contributed by atoms with van der Waals surface area (Å²) in [6.07, 6.45) is 0.874. The number of alkyl halides is 2. The Bertz CT molecular complexity index is 1070. The maximum atomic E-state index is 13.1. The van der Waals surface area contributed by atoms with Crippen LogP contribution in [-0.4, -0.2) is 39.8 Å². The number of esters is 1. The lowest BCUT2D eigenvalue weighted by atomic mass is 9.81. The summed E-state index contributed by atoms with van der Waals surface area (Å²) in [6, 6.07) is 14.8. The molecule has 6 nitrogen and oxygen atoms in total. The predicted molar refractivity (Wildman–Crippen MR) is 124 cm³/mol. The quantitative estimate of drug-likeness (QED) is 0.239. The molecular formula is C24H19Br2NO5. The number of Topliss-reactive ketones (excluding diaryl/α,β-unsaturated/α-hetero) is 1. The van der Waals surface area contributed by atoms with Crippen molar-refractivity contribution in [1.82, 2.24) is 0 Å². The molecule has 2 aromatic carbocycles. The van der Waals surface area contributed by atoms with Gasteiger partial charge in [-0.1, -0.05) is 62.2 Å². The number of benzene rings is 2. The summed E-state index contributed by atoms with van der Waals surface area (Å²) in [5.41, 5.74) is 1.16. The number of hydrogen-bond donors (Lipinski definition) is 0. The van der Waals surface area contributed by atoms with E-state index in [1.54, 1.807) is 42.5 Å². The van der Waals surface area contributed by atoms with Crippen LogP contribution in [0.5, 0.6) is 0 Å². The highest BCUT2D eigenvalue weighted by Gasteiger charge is 2.66. The van der Waals surface area contributed by atoms with Crippen molar-refractivity contribution in [2.45, 2.75) is 16.1 Å². The number of anilines is 1. The maximum Gasteiger partial charge on any atom is 0.338 e. The minimum atomic E-state index is -0.640. The van der Waals surface area contributed by atoms with Crippen LogP contribution in [0.25, 0.3) is 0 Å². The molecule has 6 atom stereocenters. The van der Waals surface area contributed by atoms with Crippen molar-refractivity contribution >= 4 is 61.1 Å². The van der Waals surface area contributed by atoms with Crippen LogP contribution >= 0.6 is 31.9 Å². The van der Waals surface area contributed by atoms with E-state index in [9.17, 15) is 19.2 Å². The van der Waals surface area contributed by atoms with Gasteiger partial charge in [0, 0.05) is 15.2 Å². The fourth-order valence-electron chi connectivity index (χ4n) is 5.27. The number of hydrogen-bond acceptors (Lipinski definition) is 5. The molecule has 2 aliphatic carbocycles. The Hall–Kier alpha value is -2.32. The Morgan fingerprint density at radius 3 is 1.97 bits per heavy atom. The molecule has 8 heteroatoms. The Morgan fingerprint density at radius 1 is 0.844 bits per heavy atom. The first-order chi connectivity index (χ1) is 15.4. The fourth-order valence-corrected chi connectivity index (χ4v) is 7.15. The number of ether oxygens (including phenoxy) is 1. The van der Waals surface area contributed by atoms with E-state index in [0.29, 0.717) is 11.3 Å². The number of imide groups is 1. The third-order valence-electron chi connectivity index (χ3n) is 6.78. The molecule has 1 aliphatic heterocycles. The largest absolute Gasteiger partial charge is 0.454 e. The van der Waals surface area contributed by atoms with Crippen LogP contribution in [0.2, 0.25) is 0 Å². The van der Waals surface area contributed by atoms with Crippen LogP contribution in [0, 0.1) is 23.7 Å². The lowest BCUT2D eigenvalue weighted by Crippen LogP contribution is -2.37. The summed E-state index contributed by atoms with van der Waals surface area (Å²) in [6.45, 7) is -0.360. The van der Waals surface area contributed by atoms with Crippen LogP contribution in [0.4, 0.5) is 5.69 Å². The number of carbonyl (C=O) groups is 4. The third-order valence-corrected chi connectivity index (χ3v) is 9.99. The van der Waals surface area contributed by atoms with Crippen molar-refractivity contribution in [3.63, 3.8) is 0 Å². The third kappa shape index (κ3) is 3.35. The summed E-state index contributed by atoms with van der Waals surface area (Å²) < 4.78 is 5.13. The summed E-state index contributed by atoms with van der Waals surface area (Å²) >= 11 is 7.36. The molecule has 0 unspecified atom stereocenters. The summed E-state index contributed by atoms with van der Waals surface area (Å²) in [7, 11) is 0. The summed E-state index contributed by atoms with van der Waals surface area (Å²) in [4.78, 5) is 52.3. The smallest absolute Gasteiger partial charge is 0.338 e. The second kappa shape index (κ2) is 8.23. The Labute approximate surface area is 201 Å². The molecule has 2 bridgehead atoms. The van der Waals surface area contributed by atoms with Gasteiger partial charge in [-0.25, -0.2) is 4.79 Å². The van der Waals surface area contributed by atoms with E-state index >= 15 is 0 Å². The zero-order valence-corrected chi connectivity index (χ0v) is 20.0. The Balaban J connectivity index is 1.27. The molecule has 5 rings (SSSR count). The lowest BCUT2D eigenvalue weighted by Gasteiger charge is -2.28. The number of ketones is 1. The van der Waals surface area contributed by atoms with Crippen LogP contribution in [0.3, 0.4) is 0 Å². The average Bonchev–Trinajstić information content (AvgIpc) is 3.42. The summed E-state index contributed by atoms with van der Waals surface area (Å²) in [5.74, 6) is -1.56. The van der Waals surface area contributed by atoms with Crippen LogP contribution in [0.1, 0.15) is 27.1 Å². The van der Waals surface area contributed by atoms with Crippen molar-refractivity contribution in [3.8, 4) is 0 Å². The molecule has 0 aromatic heterocycles. The lowest BCUT2D eigenvalue weighted by molar-refractivity contribution is -0.123. The van der Waals surface area contributed by atoms with Gasteiger partial charge in [0.25, 0.3) is 0 Å². The molecule has 2 saturated carbocycles. The number of amides is 2. The monoisotopic (exact) mass is 559 g/mol. The Kier molecular flexibility index (Phi) is 5.53. The molecule has 32 heavy (non-hydrogen) atoms. The van der Waals surface area contributed by atoms with Crippen molar-refractivity contribution in [2.24, 2.45) is 23.7 Å². The van der Waals surface area contributed by atoms with E-state index in [1.807, 2.05) is 0 Å². The van der Waals surface area contributed by atoms with Gasteiger partial charge in [0.1, 0.15) is 0 Å². The van der Waals surface area contributed by atoms with Gasteiger partial charge >= 0.3 is 5.97 Å². The normalized spacial score (nSPS) is 30.5. The standard InChI is InChI=1S/C24H19Br2NO5/c25-20-15-10-16(21(20)26)19-18(15)22(29)27(23(19)30)14-8-6-13(7-9-14)24(31)32-11-17(28)12-4-2-1-3-5-12/h1-9,15-16,18-21H,10-11H2/t15-,16-,18-,19+,20-,21+/m1/s1. The van der Waals surface area contributed by atoms with Crippen LogP contribution in [-0.2, 0) is 14.3 Å². The van der Waals surface area contributed by atoms with Gasteiger partial charge in [-0.2, -0.15) is 0 Å². The molecule has 0 spiro atoms. The van der Waals surface area contributed by atoms with Gasteiger partial charge in [0.05, 0.1) is 23.1 Å².